The molecule has 0 bridgehead atoms. The van der Waals surface area contributed by atoms with Crippen LogP contribution in [0.2, 0.25) is 0 Å². The molecule has 0 aliphatic carbocycles. The first-order chi connectivity index (χ1) is 12.0. The predicted molar refractivity (Wildman–Crippen MR) is 100 cm³/mol. The van der Waals surface area contributed by atoms with Crippen LogP contribution in [0.3, 0.4) is 0 Å². The smallest absolute Gasteiger partial charge is 0.338 e. The SMILES string of the molecule is CCOC(=O)C1=C(C)NC(SCC)=NC1c1ccc(OC)cc1OC. The Balaban J connectivity index is 2.54. The number of hydrogen-bond acceptors (Lipinski definition) is 7. The van der Waals surface area contributed by atoms with Crippen molar-refractivity contribution in [3.8, 4) is 11.5 Å². The van der Waals surface area contributed by atoms with Crippen molar-refractivity contribution in [1.82, 2.24) is 5.32 Å². The van der Waals surface area contributed by atoms with E-state index >= 15 is 0 Å². The van der Waals surface area contributed by atoms with E-state index < -0.39 is 6.04 Å². The highest BCUT2D eigenvalue weighted by atomic mass is 32.2. The number of carbonyl (C=O) groups is 1. The van der Waals surface area contributed by atoms with E-state index in [1.807, 2.05) is 19.1 Å². The lowest BCUT2D eigenvalue weighted by molar-refractivity contribution is -0.138. The van der Waals surface area contributed by atoms with Crippen LogP contribution in [-0.2, 0) is 9.53 Å². The van der Waals surface area contributed by atoms with Crippen molar-refractivity contribution in [3.05, 3.63) is 35.0 Å². The van der Waals surface area contributed by atoms with Crippen LogP contribution in [0.5, 0.6) is 11.5 Å². The van der Waals surface area contributed by atoms with Crippen LogP contribution in [0.4, 0.5) is 0 Å². The van der Waals surface area contributed by atoms with E-state index in [2.05, 4.69) is 12.2 Å². The third kappa shape index (κ3) is 4.28. The Labute approximate surface area is 152 Å². The van der Waals surface area contributed by atoms with Crippen LogP contribution in [0, 0.1) is 0 Å². The van der Waals surface area contributed by atoms with Gasteiger partial charge in [-0.05, 0) is 31.7 Å². The highest BCUT2D eigenvalue weighted by Gasteiger charge is 2.32. The van der Waals surface area contributed by atoms with Crippen LogP contribution in [0.1, 0.15) is 32.4 Å². The summed E-state index contributed by atoms with van der Waals surface area (Å²) in [5, 5.41) is 3.97. The topological polar surface area (TPSA) is 69.2 Å². The number of carbonyl (C=O) groups excluding carboxylic acids is 1. The molecule has 0 radical (unpaired) electrons. The second-order valence-corrected chi connectivity index (χ2v) is 6.51. The zero-order valence-electron chi connectivity index (χ0n) is 15.2. The molecule has 0 spiro atoms. The second-order valence-electron chi connectivity index (χ2n) is 5.26. The zero-order valence-corrected chi connectivity index (χ0v) is 16.0. The average Bonchev–Trinajstić information content (AvgIpc) is 2.61. The molecule has 0 saturated carbocycles. The standard InChI is InChI=1S/C18H24N2O4S/c1-6-24-17(21)15-11(3)19-18(25-7-2)20-16(15)13-9-8-12(22-4)10-14(13)23-5/h8-10,16H,6-7H2,1-5H3,(H,19,20). The van der Waals surface area contributed by atoms with Gasteiger partial charge in [0, 0.05) is 17.3 Å². The fourth-order valence-electron chi connectivity index (χ4n) is 2.60. The Morgan fingerprint density at radius 2 is 2.04 bits per heavy atom. The number of rotatable bonds is 6. The number of nitrogens with zero attached hydrogens (tertiary/aromatic N) is 1. The van der Waals surface area contributed by atoms with Gasteiger partial charge in [0.15, 0.2) is 5.17 Å². The largest absolute Gasteiger partial charge is 0.497 e. The molecule has 1 aromatic rings. The minimum absolute atomic E-state index is 0.308. The molecule has 1 aliphatic heterocycles. The van der Waals surface area contributed by atoms with Gasteiger partial charge in [-0.2, -0.15) is 0 Å². The normalized spacial score (nSPS) is 16.8. The van der Waals surface area contributed by atoms with Gasteiger partial charge < -0.3 is 19.5 Å². The third-order valence-corrected chi connectivity index (χ3v) is 4.50. The molecule has 0 saturated heterocycles. The first-order valence-electron chi connectivity index (χ1n) is 8.13. The molecule has 6 nitrogen and oxygen atoms in total. The minimum Gasteiger partial charge on any atom is -0.497 e. The van der Waals surface area contributed by atoms with Crippen molar-refractivity contribution in [2.45, 2.75) is 26.8 Å². The number of esters is 1. The monoisotopic (exact) mass is 364 g/mol. The number of amidine groups is 1. The van der Waals surface area contributed by atoms with E-state index in [0.717, 1.165) is 22.2 Å². The number of allylic oxidation sites excluding steroid dienone is 1. The number of nitrogens with one attached hydrogen (secondary N) is 1. The Morgan fingerprint density at radius 3 is 2.64 bits per heavy atom. The van der Waals surface area contributed by atoms with E-state index in [1.54, 1.807) is 39.0 Å². The summed E-state index contributed by atoms with van der Waals surface area (Å²) in [6, 6.07) is 5.01. The van der Waals surface area contributed by atoms with Crippen molar-refractivity contribution in [3.63, 3.8) is 0 Å². The summed E-state index contributed by atoms with van der Waals surface area (Å²) in [5.41, 5.74) is 2.03. The van der Waals surface area contributed by atoms with Crippen molar-refractivity contribution in [2.75, 3.05) is 26.6 Å². The van der Waals surface area contributed by atoms with Gasteiger partial charge >= 0.3 is 5.97 Å². The molecular formula is C18H24N2O4S. The molecular weight excluding hydrogens is 340 g/mol. The summed E-state index contributed by atoms with van der Waals surface area (Å²) in [5.74, 6) is 1.80. The first-order valence-corrected chi connectivity index (χ1v) is 9.11. The van der Waals surface area contributed by atoms with E-state index in [-0.39, 0.29) is 5.97 Å². The number of hydrogen-bond donors (Lipinski definition) is 1. The maximum absolute atomic E-state index is 12.5. The highest BCUT2D eigenvalue weighted by Crippen LogP contribution is 2.39. The van der Waals surface area contributed by atoms with E-state index in [4.69, 9.17) is 19.2 Å². The Hall–Kier alpha value is -2.15. The van der Waals surface area contributed by atoms with Crippen LogP contribution in [-0.4, -0.2) is 37.7 Å². The van der Waals surface area contributed by atoms with Gasteiger partial charge in [-0.15, -0.1) is 0 Å². The number of aliphatic imine (C=N–C) groups is 1. The van der Waals surface area contributed by atoms with E-state index in [9.17, 15) is 4.79 Å². The maximum Gasteiger partial charge on any atom is 0.338 e. The molecule has 1 atom stereocenters. The molecule has 0 aromatic heterocycles. The minimum atomic E-state index is -0.491. The molecule has 7 heteroatoms. The first kappa shape index (κ1) is 19.2. The lowest BCUT2D eigenvalue weighted by Crippen LogP contribution is -2.30. The van der Waals surface area contributed by atoms with Crippen molar-refractivity contribution in [1.29, 1.82) is 0 Å². The molecule has 1 aromatic carbocycles. The molecule has 1 aliphatic rings. The maximum atomic E-state index is 12.5. The molecule has 0 fully saturated rings. The van der Waals surface area contributed by atoms with Gasteiger partial charge in [0.25, 0.3) is 0 Å². The predicted octanol–water partition coefficient (Wildman–Crippen LogP) is 3.29. The average molecular weight is 364 g/mol. The molecule has 1 unspecified atom stereocenters. The van der Waals surface area contributed by atoms with Crippen LogP contribution in [0.25, 0.3) is 0 Å². The lowest BCUT2D eigenvalue weighted by Gasteiger charge is -2.26. The molecule has 0 amide bonds. The molecule has 1 N–H and O–H groups in total. The summed E-state index contributed by atoms with van der Waals surface area (Å²) < 4.78 is 16.0. The van der Waals surface area contributed by atoms with Crippen molar-refractivity contribution < 1.29 is 19.0 Å². The van der Waals surface area contributed by atoms with Gasteiger partial charge in [0.1, 0.15) is 17.5 Å². The second kappa shape index (κ2) is 8.80. The van der Waals surface area contributed by atoms with Crippen LogP contribution in [0.15, 0.2) is 34.5 Å². The van der Waals surface area contributed by atoms with Crippen LogP contribution >= 0.6 is 11.8 Å². The summed E-state index contributed by atoms with van der Waals surface area (Å²) >= 11 is 1.59. The molecule has 25 heavy (non-hydrogen) atoms. The van der Waals surface area contributed by atoms with E-state index in [0.29, 0.717) is 23.7 Å². The molecule has 136 valence electrons. The summed E-state index contributed by atoms with van der Waals surface area (Å²) in [7, 11) is 3.19. The van der Waals surface area contributed by atoms with Gasteiger partial charge in [-0.25, -0.2) is 9.79 Å². The van der Waals surface area contributed by atoms with Gasteiger partial charge in [0.2, 0.25) is 0 Å². The summed E-state index contributed by atoms with van der Waals surface area (Å²) in [6.07, 6.45) is 0. The number of methoxy groups -OCH3 is 2. The number of ether oxygens (including phenoxy) is 3. The highest BCUT2D eigenvalue weighted by molar-refractivity contribution is 8.13. The Bertz CT molecular complexity index is 700. The van der Waals surface area contributed by atoms with Crippen molar-refractivity contribution in [2.24, 2.45) is 4.99 Å². The fourth-order valence-corrected chi connectivity index (χ4v) is 3.28. The van der Waals surface area contributed by atoms with Crippen molar-refractivity contribution >= 4 is 22.9 Å². The zero-order chi connectivity index (χ0) is 18.4. The lowest BCUT2D eigenvalue weighted by atomic mass is 9.95. The van der Waals surface area contributed by atoms with Gasteiger partial charge in [-0.1, -0.05) is 18.7 Å². The van der Waals surface area contributed by atoms with Crippen LogP contribution < -0.4 is 14.8 Å². The van der Waals surface area contributed by atoms with Gasteiger partial charge in [0.05, 0.1) is 26.4 Å². The fraction of sp³-hybridized carbons (Fsp3) is 0.444. The molecule has 2 rings (SSSR count). The molecule has 1 heterocycles. The van der Waals surface area contributed by atoms with Gasteiger partial charge in [-0.3, -0.25) is 0 Å². The number of benzene rings is 1. The van der Waals surface area contributed by atoms with E-state index in [1.165, 1.54) is 0 Å². The summed E-state index contributed by atoms with van der Waals surface area (Å²) in [6.45, 7) is 6.01. The number of thioether (sulfide) groups is 1. The summed E-state index contributed by atoms with van der Waals surface area (Å²) in [4.78, 5) is 17.2. The third-order valence-electron chi connectivity index (χ3n) is 3.73. The Kier molecular flexibility index (Phi) is 6.75. The Morgan fingerprint density at radius 1 is 1.28 bits per heavy atom. The quantitative estimate of drug-likeness (QED) is 0.781.